The lowest BCUT2D eigenvalue weighted by atomic mass is 9.60. The quantitative estimate of drug-likeness (QED) is 0.288. The summed E-state index contributed by atoms with van der Waals surface area (Å²) in [6, 6.07) is 0. The van der Waals surface area contributed by atoms with Crippen LogP contribution in [0.15, 0.2) is 12.2 Å². The molecule has 2 bridgehead atoms. The molecule has 76 valence electrons. The zero-order valence-corrected chi connectivity index (χ0v) is 8.23. The normalized spacial score (nSPS) is 39.5. The molecule has 0 aromatic rings. The maximum Gasteiger partial charge on any atom is 0.319 e. The highest BCUT2D eigenvalue weighted by atomic mass is 16.5. The number of carbonyl (C=O) groups is 2. The smallest absolute Gasteiger partial charge is 0.319 e. The van der Waals surface area contributed by atoms with Crippen molar-refractivity contribution in [1.29, 1.82) is 0 Å². The van der Waals surface area contributed by atoms with Crippen molar-refractivity contribution in [2.24, 2.45) is 17.3 Å². The molecule has 3 nitrogen and oxygen atoms in total. The molecular weight excluding hydrogens is 180 g/mol. The minimum atomic E-state index is -0.883. The van der Waals surface area contributed by atoms with Crippen LogP contribution in [0.1, 0.15) is 19.3 Å². The van der Waals surface area contributed by atoms with E-state index in [9.17, 15) is 9.59 Å². The van der Waals surface area contributed by atoms with Crippen molar-refractivity contribution in [1.82, 2.24) is 0 Å². The molecule has 0 aromatic heterocycles. The lowest BCUT2D eigenvalue weighted by Gasteiger charge is -2.42. The molecule has 3 unspecified atom stereocenters. The highest BCUT2D eigenvalue weighted by Crippen LogP contribution is 2.48. The lowest BCUT2D eigenvalue weighted by molar-refractivity contribution is -0.160. The third-order valence-electron chi connectivity index (χ3n) is 3.50. The molecule has 3 atom stereocenters. The Balaban J connectivity index is 2.34. The van der Waals surface area contributed by atoms with E-state index in [0.29, 0.717) is 12.3 Å². The van der Waals surface area contributed by atoms with Crippen LogP contribution in [-0.4, -0.2) is 19.4 Å². The number of methoxy groups -OCH3 is 1. The van der Waals surface area contributed by atoms with Crippen molar-refractivity contribution in [3.8, 4) is 0 Å². The molecule has 0 aliphatic heterocycles. The molecule has 0 radical (unpaired) electrons. The fourth-order valence-electron chi connectivity index (χ4n) is 2.67. The average molecular weight is 194 g/mol. The molecule has 1 saturated carbocycles. The fourth-order valence-corrected chi connectivity index (χ4v) is 2.67. The first-order valence-electron chi connectivity index (χ1n) is 4.96. The van der Waals surface area contributed by atoms with Crippen LogP contribution in [0.5, 0.6) is 0 Å². The van der Waals surface area contributed by atoms with Crippen LogP contribution in [0.3, 0.4) is 0 Å². The molecule has 1 fully saturated rings. The van der Waals surface area contributed by atoms with Crippen LogP contribution in [0.2, 0.25) is 0 Å². The second-order valence-electron chi connectivity index (χ2n) is 4.18. The third-order valence-corrected chi connectivity index (χ3v) is 3.50. The van der Waals surface area contributed by atoms with E-state index < -0.39 is 5.41 Å². The van der Waals surface area contributed by atoms with Crippen LogP contribution in [0, 0.1) is 17.3 Å². The topological polar surface area (TPSA) is 43.4 Å². The summed E-state index contributed by atoms with van der Waals surface area (Å²) in [7, 11) is 1.35. The van der Waals surface area contributed by atoms with Gasteiger partial charge in [0, 0.05) is 0 Å². The Morgan fingerprint density at radius 3 is 2.64 bits per heavy atom. The highest BCUT2D eigenvalue weighted by molar-refractivity contribution is 5.94. The standard InChI is InChI=1S/C11H14O3/c1-14-10(13)11(7-12)6-8-2-4-9(11)5-3-8/h2,4,7-9H,3,5-6H2,1H3. The summed E-state index contributed by atoms with van der Waals surface area (Å²) in [6.07, 6.45) is 7.56. The van der Waals surface area contributed by atoms with E-state index in [1.54, 1.807) is 0 Å². The Labute approximate surface area is 83.1 Å². The van der Waals surface area contributed by atoms with Crippen LogP contribution < -0.4 is 0 Å². The Morgan fingerprint density at radius 1 is 1.50 bits per heavy atom. The van der Waals surface area contributed by atoms with Gasteiger partial charge in [-0.05, 0) is 31.1 Å². The van der Waals surface area contributed by atoms with E-state index in [1.165, 1.54) is 7.11 Å². The summed E-state index contributed by atoms with van der Waals surface area (Å²) in [6.45, 7) is 0. The van der Waals surface area contributed by atoms with E-state index in [4.69, 9.17) is 4.74 Å². The van der Waals surface area contributed by atoms with E-state index in [0.717, 1.165) is 19.1 Å². The van der Waals surface area contributed by atoms with E-state index in [1.807, 2.05) is 6.08 Å². The van der Waals surface area contributed by atoms with Crippen LogP contribution in [-0.2, 0) is 14.3 Å². The van der Waals surface area contributed by atoms with Crippen molar-refractivity contribution >= 4 is 12.3 Å². The summed E-state index contributed by atoms with van der Waals surface area (Å²) < 4.78 is 4.73. The number of ether oxygens (including phenoxy) is 1. The van der Waals surface area contributed by atoms with Gasteiger partial charge in [-0.15, -0.1) is 0 Å². The van der Waals surface area contributed by atoms with Crippen molar-refractivity contribution in [3.05, 3.63) is 12.2 Å². The summed E-state index contributed by atoms with van der Waals surface area (Å²) in [5.74, 6) is 0.0632. The molecule has 3 aliphatic carbocycles. The zero-order chi connectivity index (χ0) is 10.2. The first kappa shape index (κ1) is 9.44. The van der Waals surface area contributed by atoms with E-state index in [-0.39, 0.29) is 11.9 Å². The van der Waals surface area contributed by atoms with Gasteiger partial charge < -0.3 is 9.53 Å². The predicted octanol–water partition coefficient (Wildman–Crippen LogP) is 1.33. The van der Waals surface area contributed by atoms with Gasteiger partial charge in [-0.2, -0.15) is 0 Å². The molecule has 0 heterocycles. The van der Waals surface area contributed by atoms with Gasteiger partial charge >= 0.3 is 5.97 Å². The second kappa shape index (κ2) is 3.23. The van der Waals surface area contributed by atoms with Gasteiger partial charge in [0.05, 0.1) is 7.11 Å². The van der Waals surface area contributed by atoms with Crippen molar-refractivity contribution in [2.45, 2.75) is 19.3 Å². The Morgan fingerprint density at radius 2 is 2.29 bits per heavy atom. The number of hydrogen-bond donors (Lipinski definition) is 0. The molecule has 0 amide bonds. The number of allylic oxidation sites excluding steroid dienone is 2. The summed E-state index contributed by atoms with van der Waals surface area (Å²) in [4.78, 5) is 22.8. The number of rotatable bonds is 2. The fraction of sp³-hybridized carbons (Fsp3) is 0.636. The molecule has 0 aromatic carbocycles. The Kier molecular flexibility index (Phi) is 2.17. The Hall–Kier alpha value is -1.12. The molecule has 0 N–H and O–H groups in total. The number of aldehydes is 1. The minimum absolute atomic E-state index is 0.0532. The van der Waals surface area contributed by atoms with Crippen molar-refractivity contribution in [3.63, 3.8) is 0 Å². The van der Waals surface area contributed by atoms with Crippen molar-refractivity contribution < 1.29 is 14.3 Å². The molecule has 3 aliphatic rings. The maximum absolute atomic E-state index is 11.6. The Bertz CT molecular complexity index is 295. The second-order valence-corrected chi connectivity index (χ2v) is 4.18. The first-order valence-corrected chi connectivity index (χ1v) is 4.96. The van der Waals surface area contributed by atoms with Gasteiger partial charge in [0.2, 0.25) is 0 Å². The van der Waals surface area contributed by atoms with Crippen LogP contribution in [0.4, 0.5) is 0 Å². The number of hydrogen-bond acceptors (Lipinski definition) is 3. The summed E-state index contributed by atoms with van der Waals surface area (Å²) >= 11 is 0. The highest BCUT2D eigenvalue weighted by Gasteiger charge is 2.51. The van der Waals surface area contributed by atoms with Gasteiger partial charge in [-0.3, -0.25) is 4.79 Å². The van der Waals surface area contributed by atoms with Gasteiger partial charge in [0.15, 0.2) is 0 Å². The summed E-state index contributed by atoms with van der Waals surface area (Å²) in [5, 5.41) is 0. The first-order chi connectivity index (χ1) is 6.73. The number of fused-ring (bicyclic) bond motifs is 2. The molecule has 14 heavy (non-hydrogen) atoms. The van der Waals surface area contributed by atoms with Crippen LogP contribution >= 0.6 is 0 Å². The monoisotopic (exact) mass is 194 g/mol. The molecule has 0 saturated heterocycles. The van der Waals surface area contributed by atoms with Gasteiger partial charge in [0.25, 0.3) is 0 Å². The van der Waals surface area contributed by atoms with Gasteiger partial charge in [0.1, 0.15) is 11.7 Å². The van der Waals surface area contributed by atoms with E-state index in [2.05, 4.69) is 6.08 Å². The minimum Gasteiger partial charge on any atom is -0.468 e. The molecule has 3 rings (SSSR count). The molecule has 0 spiro atoms. The SMILES string of the molecule is COC(=O)C1(C=O)CC2C=CC1CC2. The largest absolute Gasteiger partial charge is 0.468 e. The average Bonchev–Trinajstić information content (AvgIpc) is 2.29. The third kappa shape index (κ3) is 1.11. The summed E-state index contributed by atoms with van der Waals surface area (Å²) in [5.41, 5.74) is -0.883. The van der Waals surface area contributed by atoms with E-state index >= 15 is 0 Å². The van der Waals surface area contributed by atoms with Gasteiger partial charge in [-0.25, -0.2) is 0 Å². The molecular formula is C11H14O3. The zero-order valence-electron chi connectivity index (χ0n) is 8.23. The van der Waals surface area contributed by atoms with Crippen LogP contribution in [0.25, 0.3) is 0 Å². The molecule has 3 heteroatoms. The van der Waals surface area contributed by atoms with Crippen molar-refractivity contribution in [2.75, 3.05) is 7.11 Å². The van der Waals surface area contributed by atoms with Gasteiger partial charge in [-0.1, -0.05) is 12.2 Å². The number of esters is 1. The maximum atomic E-state index is 11.6. The number of carbonyl (C=O) groups excluding carboxylic acids is 2. The lowest BCUT2D eigenvalue weighted by Crippen LogP contribution is -2.46. The predicted molar refractivity (Wildman–Crippen MR) is 50.5 cm³/mol.